The Bertz CT molecular complexity index is 799. The largest absolute Gasteiger partial charge is 0.369 e. The quantitative estimate of drug-likeness (QED) is 0.854. The fourth-order valence-corrected chi connectivity index (χ4v) is 3.89. The van der Waals surface area contributed by atoms with Gasteiger partial charge < -0.3 is 11.1 Å². The summed E-state index contributed by atoms with van der Waals surface area (Å²) in [6.07, 6.45) is 1.64. The molecule has 1 aliphatic heterocycles. The van der Waals surface area contributed by atoms with Crippen molar-refractivity contribution >= 4 is 17.5 Å². The fraction of sp³-hybridized carbons (Fsp3) is 0.364. The molecule has 0 saturated carbocycles. The molecule has 2 aromatic rings. The number of hydrogen-bond acceptors (Lipinski definition) is 3. The molecule has 1 saturated heterocycles. The summed E-state index contributed by atoms with van der Waals surface area (Å²) in [6.45, 7) is 5.30. The molecule has 27 heavy (non-hydrogen) atoms. The highest BCUT2D eigenvalue weighted by atomic mass is 16.2. The Balaban J connectivity index is 1.87. The van der Waals surface area contributed by atoms with Crippen LogP contribution < -0.4 is 11.1 Å². The molecule has 5 heteroatoms. The lowest BCUT2D eigenvalue weighted by molar-refractivity contribution is -0.127. The van der Waals surface area contributed by atoms with E-state index in [2.05, 4.69) is 16.3 Å². The second-order valence-corrected chi connectivity index (χ2v) is 7.42. The highest BCUT2D eigenvalue weighted by molar-refractivity contribution is 5.95. The van der Waals surface area contributed by atoms with Gasteiger partial charge >= 0.3 is 0 Å². The first-order chi connectivity index (χ1) is 12.9. The standard InChI is InChI=1S/C22H27N3O2/c1-15-11-16(2)13-19(12-15)24-22(27)20(17-7-4-3-5-8-17)25-10-6-9-18(14-25)21(23)26/h3-5,7-8,11-13,18,20H,6,9-10,14H2,1-2H3,(H2,23,26)(H,24,27)/t18-,20-/m1/s1. The number of carbonyl (C=O) groups is 2. The lowest BCUT2D eigenvalue weighted by Gasteiger charge is -2.36. The van der Waals surface area contributed by atoms with E-state index < -0.39 is 6.04 Å². The Kier molecular flexibility index (Phi) is 5.91. The van der Waals surface area contributed by atoms with Crippen LogP contribution in [0.25, 0.3) is 0 Å². The zero-order valence-corrected chi connectivity index (χ0v) is 15.9. The van der Waals surface area contributed by atoms with Gasteiger partial charge in [0.05, 0.1) is 5.92 Å². The van der Waals surface area contributed by atoms with E-state index in [1.165, 1.54) is 0 Å². The van der Waals surface area contributed by atoms with Crippen molar-refractivity contribution in [3.05, 3.63) is 65.2 Å². The summed E-state index contributed by atoms with van der Waals surface area (Å²) in [7, 11) is 0. The fourth-order valence-electron chi connectivity index (χ4n) is 3.89. The van der Waals surface area contributed by atoms with Gasteiger partial charge in [0, 0.05) is 12.2 Å². The summed E-state index contributed by atoms with van der Waals surface area (Å²) in [6, 6.07) is 15.3. The van der Waals surface area contributed by atoms with Crippen molar-refractivity contribution in [2.75, 3.05) is 18.4 Å². The number of piperidine rings is 1. The van der Waals surface area contributed by atoms with Gasteiger partial charge in [-0.1, -0.05) is 36.4 Å². The second kappa shape index (κ2) is 8.35. The van der Waals surface area contributed by atoms with Crippen LogP contribution in [0.5, 0.6) is 0 Å². The Labute approximate surface area is 160 Å². The average molecular weight is 365 g/mol. The Hall–Kier alpha value is -2.66. The third-order valence-corrected chi connectivity index (χ3v) is 5.07. The van der Waals surface area contributed by atoms with Crippen molar-refractivity contribution in [1.29, 1.82) is 0 Å². The smallest absolute Gasteiger partial charge is 0.246 e. The monoisotopic (exact) mass is 365 g/mol. The maximum Gasteiger partial charge on any atom is 0.246 e. The van der Waals surface area contributed by atoms with Crippen molar-refractivity contribution in [1.82, 2.24) is 4.90 Å². The van der Waals surface area contributed by atoms with E-state index in [-0.39, 0.29) is 17.7 Å². The van der Waals surface area contributed by atoms with E-state index in [1.807, 2.05) is 56.3 Å². The molecule has 3 N–H and O–H groups in total. The first kappa shape index (κ1) is 19.1. The lowest BCUT2D eigenvalue weighted by Crippen LogP contribution is -2.46. The summed E-state index contributed by atoms with van der Waals surface area (Å²) >= 11 is 0. The molecule has 0 bridgehead atoms. The molecule has 1 fully saturated rings. The highest BCUT2D eigenvalue weighted by Gasteiger charge is 2.33. The van der Waals surface area contributed by atoms with Gasteiger partial charge in [0.1, 0.15) is 6.04 Å². The van der Waals surface area contributed by atoms with Gasteiger partial charge in [-0.05, 0) is 62.1 Å². The molecule has 2 aromatic carbocycles. The third kappa shape index (κ3) is 4.74. The van der Waals surface area contributed by atoms with Gasteiger partial charge in [-0.2, -0.15) is 0 Å². The molecule has 142 valence electrons. The van der Waals surface area contributed by atoms with Crippen LogP contribution in [0.1, 0.15) is 35.6 Å². The van der Waals surface area contributed by atoms with Crippen LogP contribution in [-0.4, -0.2) is 29.8 Å². The Morgan fingerprint density at radius 1 is 1.11 bits per heavy atom. The highest BCUT2D eigenvalue weighted by Crippen LogP contribution is 2.28. The van der Waals surface area contributed by atoms with Crippen LogP contribution in [-0.2, 0) is 9.59 Å². The topological polar surface area (TPSA) is 75.4 Å². The number of benzene rings is 2. The van der Waals surface area contributed by atoms with E-state index in [0.29, 0.717) is 6.54 Å². The molecule has 0 radical (unpaired) electrons. The number of anilines is 1. The number of amides is 2. The molecule has 1 heterocycles. The summed E-state index contributed by atoms with van der Waals surface area (Å²) in [5.74, 6) is -0.587. The van der Waals surface area contributed by atoms with E-state index in [1.54, 1.807) is 0 Å². The molecular formula is C22H27N3O2. The van der Waals surface area contributed by atoms with Gasteiger partial charge in [-0.3, -0.25) is 14.5 Å². The number of nitrogens with two attached hydrogens (primary N) is 1. The molecule has 1 aliphatic rings. The molecule has 2 atom stereocenters. The van der Waals surface area contributed by atoms with E-state index in [0.717, 1.165) is 41.8 Å². The number of likely N-dealkylation sites (tertiary alicyclic amines) is 1. The molecular weight excluding hydrogens is 338 g/mol. The minimum Gasteiger partial charge on any atom is -0.369 e. The minimum atomic E-state index is -0.450. The lowest BCUT2D eigenvalue weighted by atomic mass is 9.94. The van der Waals surface area contributed by atoms with Crippen molar-refractivity contribution in [2.45, 2.75) is 32.7 Å². The van der Waals surface area contributed by atoms with Crippen LogP contribution >= 0.6 is 0 Å². The molecule has 2 amide bonds. The number of carbonyl (C=O) groups excluding carboxylic acids is 2. The number of nitrogens with zero attached hydrogens (tertiary/aromatic N) is 1. The van der Waals surface area contributed by atoms with Crippen LogP contribution in [0.4, 0.5) is 5.69 Å². The summed E-state index contributed by atoms with van der Waals surface area (Å²) in [5.41, 5.74) is 9.46. The zero-order chi connectivity index (χ0) is 19.4. The SMILES string of the molecule is Cc1cc(C)cc(NC(=O)[C@@H](c2ccccc2)N2CCC[C@@H](C(N)=O)C2)c1. The van der Waals surface area contributed by atoms with E-state index in [4.69, 9.17) is 5.73 Å². The molecule has 3 rings (SSSR count). The molecule has 0 spiro atoms. The van der Waals surface area contributed by atoms with Crippen molar-refractivity contribution < 1.29 is 9.59 Å². The summed E-state index contributed by atoms with van der Waals surface area (Å²) in [4.78, 5) is 27.0. The van der Waals surface area contributed by atoms with Crippen molar-refractivity contribution in [3.8, 4) is 0 Å². The van der Waals surface area contributed by atoms with Crippen molar-refractivity contribution in [3.63, 3.8) is 0 Å². The second-order valence-electron chi connectivity index (χ2n) is 7.42. The Morgan fingerprint density at radius 2 is 1.78 bits per heavy atom. The molecule has 0 aromatic heterocycles. The van der Waals surface area contributed by atoms with E-state index >= 15 is 0 Å². The number of nitrogens with one attached hydrogen (secondary N) is 1. The minimum absolute atomic E-state index is 0.0867. The first-order valence-electron chi connectivity index (χ1n) is 9.41. The predicted octanol–water partition coefficient (Wildman–Crippen LogP) is 3.18. The average Bonchev–Trinajstić information content (AvgIpc) is 2.62. The predicted molar refractivity (Wildman–Crippen MR) is 107 cm³/mol. The van der Waals surface area contributed by atoms with Crippen LogP contribution in [0, 0.1) is 19.8 Å². The summed E-state index contributed by atoms with van der Waals surface area (Å²) in [5, 5.41) is 3.07. The number of primary amides is 1. The van der Waals surface area contributed by atoms with E-state index in [9.17, 15) is 9.59 Å². The van der Waals surface area contributed by atoms with Gasteiger partial charge in [-0.15, -0.1) is 0 Å². The Morgan fingerprint density at radius 3 is 2.41 bits per heavy atom. The number of hydrogen-bond donors (Lipinski definition) is 2. The summed E-state index contributed by atoms with van der Waals surface area (Å²) < 4.78 is 0. The molecule has 0 unspecified atom stereocenters. The first-order valence-corrected chi connectivity index (χ1v) is 9.41. The van der Waals surface area contributed by atoms with Crippen molar-refractivity contribution in [2.24, 2.45) is 11.7 Å². The number of aryl methyl sites for hydroxylation is 2. The zero-order valence-electron chi connectivity index (χ0n) is 15.9. The maximum atomic E-state index is 13.2. The van der Waals surface area contributed by atoms with Crippen LogP contribution in [0.3, 0.4) is 0 Å². The third-order valence-electron chi connectivity index (χ3n) is 5.07. The number of rotatable bonds is 5. The molecule has 0 aliphatic carbocycles. The van der Waals surface area contributed by atoms with Gasteiger partial charge in [0.15, 0.2) is 0 Å². The van der Waals surface area contributed by atoms with Crippen LogP contribution in [0.2, 0.25) is 0 Å². The van der Waals surface area contributed by atoms with Gasteiger partial charge in [0.25, 0.3) is 0 Å². The molecule has 5 nitrogen and oxygen atoms in total. The van der Waals surface area contributed by atoms with Crippen LogP contribution in [0.15, 0.2) is 48.5 Å². The maximum absolute atomic E-state index is 13.2. The normalized spacial score (nSPS) is 18.7. The van der Waals surface area contributed by atoms with Gasteiger partial charge in [0.2, 0.25) is 11.8 Å². The van der Waals surface area contributed by atoms with Gasteiger partial charge in [-0.25, -0.2) is 0 Å².